The molecule has 2 aromatic rings. The van der Waals surface area contributed by atoms with Crippen LogP contribution >= 0.6 is 0 Å². The summed E-state index contributed by atoms with van der Waals surface area (Å²) in [5.41, 5.74) is 2.31. The lowest BCUT2D eigenvalue weighted by Crippen LogP contribution is -1.91. The summed E-state index contributed by atoms with van der Waals surface area (Å²) < 4.78 is 5.39. The number of nitrogens with zero attached hydrogens (tertiary/aromatic N) is 1. The van der Waals surface area contributed by atoms with E-state index in [9.17, 15) is 0 Å². The highest BCUT2D eigenvalue weighted by Crippen LogP contribution is 2.11. The lowest BCUT2D eigenvalue weighted by Gasteiger charge is -2.02. The summed E-state index contributed by atoms with van der Waals surface area (Å²) in [6, 6.07) is 18.2. The quantitative estimate of drug-likeness (QED) is 0.729. The predicted molar refractivity (Wildman–Crippen MR) is 75.4 cm³/mol. The molecule has 18 heavy (non-hydrogen) atoms. The molecular weight excluding hydrogens is 222 g/mol. The molecule has 0 atom stereocenters. The average Bonchev–Trinajstić information content (AvgIpc) is 2.42. The van der Waals surface area contributed by atoms with E-state index in [-0.39, 0.29) is 0 Å². The first kappa shape index (κ1) is 12.4. The molecule has 0 bridgehead atoms. The molecule has 0 spiro atoms. The summed E-state index contributed by atoms with van der Waals surface area (Å²) in [6.45, 7) is 3.39. The summed E-state index contributed by atoms with van der Waals surface area (Å²) in [4.78, 5) is 4.42. The van der Waals surface area contributed by atoms with Crippen molar-refractivity contribution in [2.75, 3.05) is 6.61 Å². The highest BCUT2D eigenvalue weighted by atomic mass is 16.5. The Balaban J connectivity index is 1.93. The van der Waals surface area contributed by atoms with Crippen LogP contribution in [0.4, 0.5) is 0 Å². The van der Waals surface area contributed by atoms with E-state index >= 15 is 0 Å². The van der Waals surface area contributed by atoms with Crippen molar-refractivity contribution < 1.29 is 4.74 Å². The van der Waals surface area contributed by atoms with E-state index in [1.54, 1.807) is 0 Å². The first-order valence-electron chi connectivity index (χ1n) is 6.15. The van der Waals surface area contributed by atoms with Gasteiger partial charge in [0.25, 0.3) is 0 Å². The van der Waals surface area contributed by atoms with E-state index in [1.165, 1.54) is 5.56 Å². The van der Waals surface area contributed by atoms with Gasteiger partial charge in [0.1, 0.15) is 5.75 Å². The Morgan fingerprint density at radius 1 is 1.00 bits per heavy atom. The zero-order chi connectivity index (χ0) is 12.6. The molecular formula is C16H17NO. The topological polar surface area (TPSA) is 21.6 Å². The van der Waals surface area contributed by atoms with Gasteiger partial charge in [0.15, 0.2) is 0 Å². The van der Waals surface area contributed by atoms with Crippen LogP contribution in [0.15, 0.2) is 59.6 Å². The number of hydrogen-bond acceptors (Lipinski definition) is 2. The zero-order valence-corrected chi connectivity index (χ0v) is 10.5. The summed E-state index contributed by atoms with van der Waals surface area (Å²) in [6.07, 6.45) is 1.89. The van der Waals surface area contributed by atoms with Crippen molar-refractivity contribution in [1.82, 2.24) is 0 Å². The molecule has 0 N–H and O–H groups in total. The van der Waals surface area contributed by atoms with Gasteiger partial charge in [-0.1, -0.05) is 30.3 Å². The maximum absolute atomic E-state index is 5.39. The Bertz CT molecular complexity index is 488. The molecule has 0 heterocycles. The maximum Gasteiger partial charge on any atom is 0.119 e. The summed E-state index contributed by atoms with van der Waals surface area (Å²) in [5.74, 6) is 0.901. The van der Waals surface area contributed by atoms with E-state index in [4.69, 9.17) is 4.74 Å². The Hall–Kier alpha value is -2.09. The largest absolute Gasteiger partial charge is 0.494 e. The second-order valence-electron chi connectivity index (χ2n) is 3.96. The number of hydrogen-bond donors (Lipinski definition) is 0. The van der Waals surface area contributed by atoms with Crippen molar-refractivity contribution in [3.05, 3.63) is 65.7 Å². The van der Waals surface area contributed by atoms with Crippen LogP contribution in [-0.2, 0) is 6.54 Å². The fraction of sp³-hybridized carbons (Fsp3) is 0.188. The zero-order valence-electron chi connectivity index (χ0n) is 10.5. The first-order valence-corrected chi connectivity index (χ1v) is 6.15. The van der Waals surface area contributed by atoms with Crippen LogP contribution in [0.25, 0.3) is 0 Å². The highest BCUT2D eigenvalue weighted by molar-refractivity contribution is 5.79. The van der Waals surface area contributed by atoms with Crippen molar-refractivity contribution in [2.24, 2.45) is 4.99 Å². The summed E-state index contributed by atoms with van der Waals surface area (Å²) >= 11 is 0. The third-order valence-electron chi connectivity index (χ3n) is 2.55. The van der Waals surface area contributed by atoms with Crippen LogP contribution in [0.3, 0.4) is 0 Å². The molecule has 0 aliphatic carbocycles. The molecule has 2 rings (SSSR count). The third kappa shape index (κ3) is 3.74. The molecule has 0 aliphatic rings. The van der Waals surface area contributed by atoms with Crippen molar-refractivity contribution in [3.63, 3.8) is 0 Å². The Labute approximate surface area is 108 Å². The standard InChI is InChI=1S/C16H17NO/c1-2-18-16-10-8-15(9-11-16)13-17-12-14-6-4-3-5-7-14/h3-11,13H,2,12H2,1H3. The molecule has 0 aliphatic heterocycles. The van der Waals surface area contributed by atoms with Gasteiger partial charge in [-0.25, -0.2) is 0 Å². The maximum atomic E-state index is 5.39. The molecule has 0 unspecified atom stereocenters. The van der Waals surface area contributed by atoms with Gasteiger partial charge in [-0.15, -0.1) is 0 Å². The van der Waals surface area contributed by atoms with E-state index < -0.39 is 0 Å². The van der Waals surface area contributed by atoms with Crippen LogP contribution < -0.4 is 4.74 Å². The molecule has 0 aromatic heterocycles. The lowest BCUT2D eigenvalue weighted by molar-refractivity contribution is 0.340. The van der Waals surface area contributed by atoms with E-state index in [0.29, 0.717) is 13.2 Å². The van der Waals surface area contributed by atoms with Gasteiger partial charge in [0.2, 0.25) is 0 Å². The van der Waals surface area contributed by atoms with E-state index in [1.807, 2.05) is 55.6 Å². The molecule has 2 nitrogen and oxygen atoms in total. The van der Waals surface area contributed by atoms with Gasteiger partial charge < -0.3 is 4.74 Å². The minimum absolute atomic E-state index is 0.696. The molecule has 0 amide bonds. The summed E-state index contributed by atoms with van der Waals surface area (Å²) in [7, 11) is 0. The smallest absolute Gasteiger partial charge is 0.119 e. The van der Waals surface area contributed by atoms with Crippen molar-refractivity contribution in [1.29, 1.82) is 0 Å². The molecule has 0 fully saturated rings. The minimum Gasteiger partial charge on any atom is -0.494 e. The monoisotopic (exact) mass is 239 g/mol. The van der Waals surface area contributed by atoms with Gasteiger partial charge in [0, 0.05) is 6.21 Å². The second-order valence-corrected chi connectivity index (χ2v) is 3.96. The number of rotatable bonds is 5. The molecule has 0 radical (unpaired) electrons. The van der Waals surface area contributed by atoms with Crippen LogP contribution in [-0.4, -0.2) is 12.8 Å². The van der Waals surface area contributed by atoms with Gasteiger partial charge in [-0.3, -0.25) is 4.99 Å². The normalized spacial score (nSPS) is 10.7. The third-order valence-corrected chi connectivity index (χ3v) is 2.55. The Kier molecular flexibility index (Phi) is 4.53. The average molecular weight is 239 g/mol. The highest BCUT2D eigenvalue weighted by Gasteiger charge is 1.92. The van der Waals surface area contributed by atoms with Crippen LogP contribution in [0.1, 0.15) is 18.1 Å². The number of ether oxygens (including phenoxy) is 1. The Morgan fingerprint density at radius 2 is 1.72 bits per heavy atom. The van der Waals surface area contributed by atoms with Crippen molar-refractivity contribution in [2.45, 2.75) is 13.5 Å². The van der Waals surface area contributed by atoms with Gasteiger partial charge in [-0.05, 0) is 42.3 Å². The number of benzene rings is 2. The molecule has 0 saturated carbocycles. The van der Waals surface area contributed by atoms with Gasteiger partial charge in [-0.2, -0.15) is 0 Å². The van der Waals surface area contributed by atoms with Crippen LogP contribution in [0.5, 0.6) is 5.75 Å². The number of aliphatic imine (C=N–C) groups is 1. The molecule has 92 valence electrons. The predicted octanol–water partition coefficient (Wildman–Crippen LogP) is 3.70. The van der Waals surface area contributed by atoms with Crippen molar-refractivity contribution in [3.8, 4) is 5.75 Å². The van der Waals surface area contributed by atoms with Gasteiger partial charge >= 0.3 is 0 Å². The molecule has 0 saturated heterocycles. The summed E-state index contributed by atoms with van der Waals surface area (Å²) in [5, 5.41) is 0. The van der Waals surface area contributed by atoms with E-state index in [0.717, 1.165) is 11.3 Å². The minimum atomic E-state index is 0.696. The van der Waals surface area contributed by atoms with Crippen LogP contribution in [0.2, 0.25) is 0 Å². The van der Waals surface area contributed by atoms with Gasteiger partial charge in [0.05, 0.1) is 13.2 Å². The Morgan fingerprint density at radius 3 is 2.39 bits per heavy atom. The SMILES string of the molecule is CCOc1ccc(C=NCc2ccccc2)cc1. The molecule has 2 aromatic carbocycles. The van der Waals surface area contributed by atoms with E-state index in [2.05, 4.69) is 17.1 Å². The fourth-order valence-electron chi connectivity index (χ4n) is 1.66. The lowest BCUT2D eigenvalue weighted by atomic mass is 10.2. The van der Waals surface area contributed by atoms with Crippen LogP contribution in [0, 0.1) is 0 Å². The second kappa shape index (κ2) is 6.60. The fourth-order valence-corrected chi connectivity index (χ4v) is 1.66. The first-order chi connectivity index (χ1) is 8.88. The molecule has 2 heteroatoms. The van der Waals surface area contributed by atoms with Crippen molar-refractivity contribution >= 4 is 6.21 Å².